The van der Waals surface area contributed by atoms with Crippen molar-refractivity contribution in [2.45, 2.75) is 13.3 Å². The first-order chi connectivity index (χ1) is 11.7. The zero-order valence-corrected chi connectivity index (χ0v) is 13.6. The molecule has 0 amide bonds. The van der Waals surface area contributed by atoms with Crippen LogP contribution in [0.2, 0.25) is 0 Å². The van der Waals surface area contributed by atoms with Crippen molar-refractivity contribution in [3.8, 4) is 34.3 Å². The molecular weight excluding hydrogens is 296 g/mol. The van der Waals surface area contributed by atoms with Crippen LogP contribution in [0.1, 0.15) is 22.3 Å². The number of fused-ring (bicyclic) bond motifs is 3. The van der Waals surface area contributed by atoms with E-state index in [4.69, 9.17) is 4.74 Å². The van der Waals surface area contributed by atoms with Gasteiger partial charge in [-0.05, 0) is 23.6 Å². The van der Waals surface area contributed by atoms with Crippen molar-refractivity contribution in [3.63, 3.8) is 0 Å². The molecule has 2 aromatic carbocycles. The first-order valence-electron chi connectivity index (χ1n) is 7.89. The summed E-state index contributed by atoms with van der Waals surface area (Å²) >= 11 is 0. The van der Waals surface area contributed by atoms with Gasteiger partial charge < -0.3 is 4.74 Å². The Morgan fingerprint density at radius 1 is 1.08 bits per heavy atom. The van der Waals surface area contributed by atoms with Crippen LogP contribution < -0.4 is 4.74 Å². The Hall–Kier alpha value is -3.12. The molecule has 0 saturated carbocycles. The molecule has 0 radical (unpaired) electrons. The highest BCUT2D eigenvalue weighted by molar-refractivity contribution is 5.86. The summed E-state index contributed by atoms with van der Waals surface area (Å²) in [6, 6.07) is 18.8. The fraction of sp³-hybridized carbons (Fsp3) is 0.143. The largest absolute Gasteiger partial charge is 0.480 e. The molecule has 0 bridgehead atoms. The number of hydrogen-bond donors (Lipinski definition) is 0. The van der Waals surface area contributed by atoms with Crippen LogP contribution in [0.4, 0.5) is 0 Å². The number of nitriles is 1. The zero-order chi connectivity index (χ0) is 16.7. The smallest absolute Gasteiger partial charge is 0.232 e. The Morgan fingerprint density at radius 2 is 1.83 bits per heavy atom. The van der Waals surface area contributed by atoms with E-state index in [1.165, 1.54) is 11.1 Å². The van der Waals surface area contributed by atoms with E-state index in [0.717, 1.165) is 34.4 Å². The molecule has 0 aliphatic heterocycles. The molecule has 0 atom stereocenters. The molecule has 0 saturated heterocycles. The Bertz CT molecular complexity index is 982. The van der Waals surface area contributed by atoms with Crippen LogP contribution in [0.15, 0.2) is 48.5 Å². The third-order valence-corrected chi connectivity index (χ3v) is 4.55. The number of aromatic nitrogens is 1. The molecule has 3 heteroatoms. The van der Waals surface area contributed by atoms with Gasteiger partial charge in [0, 0.05) is 17.5 Å². The minimum Gasteiger partial charge on any atom is -0.480 e. The van der Waals surface area contributed by atoms with Gasteiger partial charge in [0.1, 0.15) is 11.6 Å². The van der Waals surface area contributed by atoms with Crippen molar-refractivity contribution >= 4 is 0 Å². The Morgan fingerprint density at radius 3 is 2.54 bits per heavy atom. The van der Waals surface area contributed by atoms with Crippen molar-refractivity contribution in [1.29, 1.82) is 5.26 Å². The van der Waals surface area contributed by atoms with E-state index >= 15 is 0 Å². The molecule has 1 aliphatic carbocycles. The SMILES string of the molecule is COc1nc2c(c(-c3ccc(C)cc3)c1C#N)Cc1ccccc1-2. The summed E-state index contributed by atoms with van der Waals surface area (Å²) in [7, 11) is 1.56. The average molecular weight is 312 g/mol. The van der Waals surface area contributed by atoms with Crippen molar-refractivity contribution in [3.05, 3.63) is 70.8 Å². The van der Waals surface area contributed by atoms with Gasteiger partial charge in [0.05, 0.1) is 12.8 Å². The third kappa shape index (κ3) is 2.08. The number of hydrogen-bond acceptors (Lipinski definition) is 3. The van der Waals surface area contributed by atoms with E-state index in [2.05, 4.69) is 54.4 Å². The van der Waals surface area contributed by atoms with Crippen molar-refractivity contribution in [1.82, 2.24) is 4.98 Å². The number of methoxy groups -OCH3 is 1. The molecule has 0 spiro atoms. The molecule has 116 valence electrons. The zero-order valence-electron chi connectivity index (χ0n) is 13.6. The maximum atomic E-state index is 9.72. The average Bonchev–Trinajstić information content (AvgIpc) is 2.99. The molecule has 3 nitrogen and oxygen atoms in total. The number of rotatable bonds is 2. The van der Waals surface area contributed by atoms with E-state index in [1.54, 1.807) is 7.11 Å². The van der Waals surface area contributed by atoms with Gasteiger partial charge in [-0.3, -0.25) is 0 Å². The summed E-state index contributed by atoms with van der Waals surface area (Å²) in [6.07, 6.45) is 0.792. The molecule has 1 heterocycles. The normalized spacial score (nSPS) is 11.5. The summed E-state index contributed by atoms with van der Waals surface area (Å²) in [6.45, 7) is 2.06. The van der Waals surface area contributed by atoms with E-state index in [1.807, 2.05) is 12.1 Å². The Kier molecular flexibility index (Phi) is 3.32. The van der Waals surface area contributed by atoms with Crippen LogP contribution >= 0.6 is 0 Å². The maximum absolute atomic E-state index is 9.72. The number of nitrogens with zero attached hydrogens (tertiary/aromatic N) is 2. The van der Waals surface area contributed by atoms with Gasteiger partial charge in [0.15, 0.2) is 0 Å². The Balaban J connectivity index is 2.06. The molecule has 1 aliphatic rings. The summed E-state index contributed by atoms with van der Waals surface area (Å²) < 4.78 is 5.43. The topological polar surface area (TPSA) is 45.9 Å². The lowest BCUT2D eigenvalue weighted by molar-refractivity contribution is 0.397. The van der Waals surface area contributed by atoms with Gasteiger partial charge in [0.25, 0.3) is 0 Å². The number of ether oxygens (including phenoxy) is 1. The number of aryl methyl sites for hydroxylation is 1. The van der Waals surface area contributed by atoms with Crippen LogP contribution in [0.5, 0.6) is 5.88 Å². The molecule has 4 rings (SSSR count). The third-order valence-electron chi connectivity index (χ3n) is 4.55. The summed E-state index contributed by atoms with van der Waals surface area (Å²) in [4.78, 5) is 4.64. The Labute approximate surface area is 141 Å². The second-order valence-corrected chi connectivity index (χ2v) is 6.01. The molecule has 0 N–H and O–H groups in total. The highest BCUT2D eigenvalue weighted by Gasteiger charge is 2.28. The lowest BCUT2D eigenvalue weighted by atomic mass is 9.94. The molecule has 3 aromatic rings. The molecular formula is C21H16N2O. The van der Waals surface area contributed by atoms with E-state index in [9.17, 15) is 5.26 Å². The van der Waals surface area contributed by atoms with Crippen molar-refractivity contribution in [2.75, 3.05) is 7.11 Å². The predicted molar refractivity (Wildman–Crippen MR) is 93.9 cm³/mol. The van der Waals surface area contributed by atoms with Gasteiger partial charge >= 0.3 is 0 Å². The van der Waals surface area contributed by atoms with E-state index in [0.29, 0.717) is 11.4 Å². The number of pyridine rings is 1. The van der Waals surface area contributed by atoms with Crippen LogP contribution in [-0.2, 0) is 6.42 Å². The monoisotopic (exact) mass is 312 g/mol. The maximum Gasteiger partial charge on any atom is 0.232 e. The fourth-order valence-corrected chi connectivity index (χ4v) is 3.38. The minimum absolute atomic E-state index is 0.392. The van der Waals surface area contributed by atoms with Crippen LogP contribution in [0, 0.1) is 18.3 Å². The van der Waals surface area contributed by atoms with Crippen LogP contribution in [-0.4, -0.2) is 12.1 Å². The lowest BCUT2D eigenvalue weighted by Gasteiger charge is -2.14. The predicted octanol–water partition coefficient (Wildman–Crippen LogP) is 4.51. The van der Waals surface area contributed by atoms with Gasteiger partial charge in [-0.2, -0.15) is 5.26 Å². The fourth-order valence-electron chi connectivity index (χ4n) is 3.38. The molecule has 24 heavy (non-hydrogen) atoms. The molecule has 0 fully saturated rings. The quantitative estimate of drug-likeness (QED) is 0.547. The number of benzene rings is 2. The lowest BCUT2D eigenvalue weighted by Crippen LogP contribution is -2.00. The second-order valence-electron chi connectivity index (χ2n) is 6.01. The van der Waals surface area contributed by atoms with Gasteiger partial charge in [-0.1, -0.05) is 54.1 Å². The van der Waals surface area contributed by atoms with E-state index < -0.39 is 0 Å². The summed E-state index contributed by atoms with van der Waals surface area (Å²) in [5, 5.41) is 9.72. The highest BCUT2D eigenvalue weighted by atomic mass is 16.5. The molecule has 0 unspecified atom stereocenters. The first kappa shape index (κ1) is 14.5. The van der Waals surface area contributed by atoms with Crippen LogP contribution in [0.25, 0.3) is 22.4 Å². The second kappa shape index (κ2) is 5.50. The minimum atomic E-state index is 0.392. The van der Waals surface area contributed by atoms with E-state index in [-0.39, 0.29) is 0 Å². The van der Waals surface area contributed by atoms with Crippen molar-refractivity contribution < 1.29 is 4.74 Å². The van der Waals surface area contributed by atoms with Crippen LogP contribution in [0.3, 0.4) is 0 Å². The van der Waals surface area contributed by atoms with Gasteiger partial charge in [-0.25, -0.2) is 4.98 Å². The summed E-state index contributed by atoms with van der Waals surface area (Å²) in [5.41, 5.74) is 8.08. The van der Waals surface area contributed by atoms with Gasteiger partial charge in [0.2, 0.25) is 5.88 Å². The first-order valence-corrected chi connectivity index (χ1v) is 7.89. The van der Waals surface area contributed by atoms with Crippen molar-refractivity contribution in [2.24, 2.45) is 0 Å². The molecule has 1 aromatic heterocycles. The standard InChI is InChI=1S/C21H16N2O/c1-13-7-9-14(10-8-13)19-17-11-15-5-3-4-6-16(15)20(17)23-21(24-2)18(19)12-22/h3-10H,11H2,1-2H3. The summed E-state index contributed by atoms with van der Waals surface area (Å²) in [5.74, 6) is 0.392. The highest BCUT2D eigenvalue weighted by Crippen LogP contribution is 2.44. The van der Waals surface area contributed by atoms with Gasteiger partial charge in [-0.15, -0.1) is 0 Å².